The summed E-state index contributed by atoms with van der Waals surface area (Å²) in [6, 6.07) is 10.8. The van der Waals surface area contributed by atoms with Crippen LogP contribution in [0.4, 0.5) is 24.5 Å². The monoisotopic (exact) mass is 384 g/mol. The molecule has 0 fully saturated rings. The first-order chi connectivity index (χ1) is 12.2. The quantitative estimate of drug-likeness (QED) is 0.559. The highest BCUT2D eigenvalue weighted by molar-refractivity contribution is 8.00. The van der Waals surface area contributed by atoms with Crippen LogP contribution in [0.2, 0.25) is 0 Å². The summed E-state index contributed by atoms with van der Waals surface area (Å²) in [6.07, 6.45) is -4.56. The number of anilines is 1. The highest BCUT2D eigenvalue weighted by atomic mass is 32.2. The lowest BCUT2D eigenvalue weighted by Gasteiger charge is -2.15. The zero-order chi connectivity index (χ0) is 19.3. The maximum absolute atomic E-state index is 12.9. The molecule has 1 N–H and O–H groups in total. The molecule has 9 heteroatoms. The number of thioether (sulfide) groups is 1. The fourth-order valence-electron chi connectivity index (χ4n) is 2.21. The van der Waals surface area contributed by atoms with Crippen LogP contribution < -0.4 is 5.32 Å². The largest absolute Gasteiger partial charge is 0.418 e. The number of nitro benzene ring substituents is 1. The summed E-state index contributed by atoms with van der Waals surface area (Å²) in [7, 11) is 0. The smallest absolute Gasteiger partial charge is 0.325 e. The molecule has 26 heavy (non-hydrogen) atoms. The predicted molar refractivity (Wildman–Crippen MR) is 94.0 cm³/mol. The number of carbonyl (C=O) groups excluding carboxylic acids is 1. The number of hydrogen-bond acceptors (Lipinski definition) is 4. The molecule has 0 bridgehead atoms. The predicted octanol–water partition coefficient (Wildman–Crippen LogP) is 5.05. The third kappa shape index (κ3) is 5.22. The van der Waals surface area contributed by atoms with Crippen molar-refractivity contribution in [3.63, 3.8) is 0 Å². The molecule has 138 valence electrons. The topological polar surface area (TPSA) is 72.2 Å². The molecule has 0 radical (unpaired) electrons. The SMILES string of the molecule is C[C@@H](SCC(=O)Nc1ccccc1C(F)(F)F)c1cccc([N+](=O)[O-])c1. The van der Waals surface area contributed by atoms with Crippen molar-refractivity contribution in [1.29, 1.82) is 0 Å². The van der Waals surface area contributed by atoms with Crippen molar-refractivity contribution in [2.24, 2.45) is 0 Å². The summed E-state index contributed by atoms with van der Waals surface area (Å²) in [6.45, 7) is 1.76. The second-order valence-electron chi connectivity index (χ2n) is 5.40. The molecule has 1 amide bonds. The zero-order valence-electron chi connectivity index (χ0n) is 13.6. The van der Waals surface area contributed by atoms with Crippen LogP contribution in [0.15, 0.2) is 48.5 Å². The van der Waals surface area contributed by atoms with Crippen LogP contribution in [-0.4, -0.2) is 16.6 Å². The molecule has 5 nitrogen and oxygen atoms in total. The Morgan fingerprint density at radius 3 is 2.58 bits per heavy atom. The lowest BCUT2D eigenvalue weighted by molar-refractivity contribution is -0.384. The third-order valence-electron chi connectivity index (χ3n) is 3.52. The van der Waals surface area contributed by atoms with E-state index in [-0.39, 0.29) is 22.4 Å². The number of nitrogens with zero attached hydrogens (tertiary/aromatic N) is 1. The zero-order valence-corrected chi connectivity index (χ0v) is 14.4. The molecule has 0 aliphatic carbocycles. The fraction of sp³-hybridized carbons (Fsp3) is 0.235. The van der Waals surface area contributed by atoms with Crippen LogP contribution in [0.3, 0.4) is 0 Å². The van der Waals surface area contributed by atoms with Gasteiger partial charge in [-0.05, 0) is 24.6 Å². The van der Waals surface area contributed by atoms with Crippen molar-refractivity contribution >= 4 is 29.0 Å². The van der Waals surface area contributed by atoms with E-state index in [4.69, 9.17) is 0 Å². The van der Waals surface area contributed by atoms with E-state index < -0.39 is 22.6 Å². The number of para-hydroxylation sites is 1. The average Bonchev–Trinajstić information content (AvgIpc) is 2.59. The van der Waals surface area contributed by atoms with Crippen LogP contribution in [0, 0.1) is 10.1 Å². The first-order valence-electron chi connectivity index (χ1n) is 7.50. The molecule has 0 aromatic heterocycles. The normalized spacial score (nSPS) is 12.5. The van der Waals surface area contributed by atoms with E-state index in [1.165, 1.54) is 42.1 Å². The van der Waals surface area contributed by atoms with E-state index >= 15 is 0 Å². The van der Waals surface area contributed by atoms with E-state index in [1.54, 1.807) is 19.1 Å². The van der Waals surface area contributed by atoms with E-state index in [1.807, 2.05) is 0 Å². The van der Waals surface area contributed by atoms with Crippen molar-refractivity contribution < 1.29 is 22.9 Å². The molecule has 0 aliphatic rings. The van der Waals surface area contributed by atoms with Crippen LogP contribution >= 0.6 is 11.8 Å². The molecule has 0 saturated carbocycles. The van der Waals surface area contributed by atoms with Crippen LogP contribution in [0.25, 0.3) is 0 Å². The van der Waals surface area contributed by atoms with Gasteiger partial charge < -0.3 is 5.32 Å². The summed E-state index contributed by atoms with van der Waals surface area (Å²) in [5.74, 6) is -0.667. The van der Waals surface area contributed by atoms with Gasteiger partial charge in [0.1, 0.15) is 0 Å². The number of carbonyl (C=O) groups is 1. The van der Waals surface area contributed by atoms with Gasteiger partial charge in [0.15, 0.2) is 0 Å². The van der Waals surface area contributed by atoms with Gasteiger partial charge in [0, 0.05) is 17.4 Å². The molecule has 0 saturated heterocycles. The number of amides is 1. The molecule has 2 aromatic rings. The molecule has 2 rings (SSSR count). The Morgan fingerprint density at radius 1 is 1.23 bits per heavy atom. The first kappa shape index (κ1) is 19.8. The molecule has 0 spiro atoms. The van der Waals surface area contributed by atoms with Crippen molar-refractivity contribution in [3.8, 4) is 0 Å². The van der Waals surface area contributed by atoms with Gasteiger partial charge in [-0.1, -0.05) is 24.3 Å². The third-order valence-corrected chi connectivity index (χ3v) is 4.72. The Morgan fingerprint density at radius 2 is 1.92 bits per heavy atom. The van der Waals surface area contributed by atoms with Gasteiger partial charge in [-0.25, -0.2) is 0 Å². The minimum atomic E-state index is -4.56. The van der Waals surface area contributed by atoms with Gasteiger partial charge in [-0.2, -0.15) is 13.2 Å². The fourth-order valence-corrected chi connectivity index (χ4v) is 3.03. The summed E-state index contributed by atoms with van der Waals surface area (Å²) in [5, 5.41) is 12.8. The molecule has 0 heterocycles. The lowest BCUT2D eigenvalue weighted by Crippen LogP contribution is -2.18. The highest BCUT2D eigenvalue weighted by Crippen LogP contribution is 2.35. The molecule has 0 unspecified atom stereocenters. The lowest BCUT2D eigenvalue weighted by atomic mass is 10.1. The first-order valence-corrected chi connectivity index (χ1v) is 8.55. The van der Waals surface area contributed by atoms with Gasteiger partial charge in [0.2, 0.25) is 5.91 Å². The summed E-state index contributed by atoms with van der Waals surface area (Å²) in [4.78, 5) is 22.3. The van der Waals surface area contributed by atoms with E-state index in [0.29, 0.717) is 5.56 Å². The Labute approximate surface area is 151 Å². The number of rotatable bonds is 6. The van der Waals surface area contributed by atoms with Crippen molar-refractivity contribution in [2.45, 2.75) is 18.3 Å². The van der Waals surface area contributed by atoms with Crippen LogP contribution in [-0.2, 0) is 11.0 Å². The van der Waals surface area contributed by atoms with Gasteiger partial charge >= 0.3 is 6.18 Å². The van der Waals surface area contributed by atoms with Gasteiger partial charge in [0.25, 0.3) is 5.69 Å². The summed E-state index contributed by atoms with van der Waals surface area (Å²) < 4.78 is 38.8. The molecular formula is C17H15F3N2O3S. The van der Waals surface area contributed by atoms with Gasteiger partial charge in [-0.15, -0.1) is 11.8 Å². The number of alkyl halides is 3. The second-order valence-corrected chi connectivity index (χ2v) is 6.73. The number of hydrogen-bond donors (Lipinski definition) is 1. The Balaban J connectivity index is 1.99. The van der Waals surface area contributed by atoms with Crippen molar-refractivity contribution in [1.82, 2.24) is 0 Å². The number of halogens is 3. The Kier molecular flexibility index (Phi) is 6.25. The molecule has 1 atom stereocenters. The average molecular weight is 384 g/mol. The maximum atomic E-state index is 12.9. The minimum absolute atomic E-state index is 0.0569. The summed E-state index contributed by atoms with van der Waals surface area (Å²) in [5.41, 5.74) is -0.607. The van der Waals surface area contributed by atoms with Gasteiger partial charge in [-0.3, -0.25) is 14.9 Å². The number of benzene rings is 2. The summed E-state index contributed by atoms with van der Waals surface area (Å²) >= 11 is 1.17. The van der Waals surface area contributed by atoms with E-state index in [2.05, 4.69) is 5.32 Å². The van der Waals surface area contributed by atoms with Crippen molar-refractivity contribution in [3.05, 3.63) is 69.8 Å². The second kappa shape index (κ2) is 8.22. The number of nitrogens with one attached hydrogen (secondary N) is 1. The maximum Gasteiger partial charge on any atom is 0.418 e. The standard InChI is InChI=1S/C17H15F3N2O3S/c1-11(12-5-4-6-13(9-12)22(24)25)26-10-16(23)21-15-8-3-2-7-14(15)17(18,19)20/h2-9,11H,10H2,1H3,(H,21,23)/t11-/m1/s1. The number of non-ortho nitro benzene ring substituents is 1. The highest BCUT2D eigenvalue weighted by Gasteiger charge is 2.33. The number of nitro groups is 1. The minimum Gasteiger partial charge on any atom is -0.325 e. The van der Waals surface area contributed by atoms with E-state index in [0.717, 1.165) is 6.07 Å². The van der Waals surface area contributed by atoms with Crippen molar-refractivity contribution in [2.75, 3.05) is 11.1 Å². The van der Waals surface area contributed by atoms with Crippen LogP contribution in [0.1, 0.15) is 23.3 Å². The molecular weight excluding hydrogens is 369 g/mol. The molecule has 2 aromatic carbocycles. The van der Waals surface area contributed by atoms with E-state index in [9.17, 15) is 28.1 Å². The Hall–Kier alpha value is -2.55. The van der Waals surface area contributed by atoms with Gasteiger partial charge in [0.05, 0.1) is 21.9 Å². The Bertz CT molecular complexity index is 812. The molecule has 0 aliphatic heterocycles. The van der Waals surface area contributed by atoms with Crippen LogP contribution in [0.5, 0.6) is 0 Å².